The van der Waals surface area contributed by atoms with Crippen LogP contribution in [0.15, 0.2) is 23.8 Å². The first-order valence-corrected chi connectivity index (χ1v) is 10.8. The van der Waals surface area contributed by atoms with Gasteiger partial charge in [-0.1, -0.05) is 46.6 Å². The van der Waals surface area contributed by atoms with Gasteiger partial charge in [0.2, 0.25) is 0 Å². The molecule has 1 heterocycles. The topological polar surface area (TPSA) is 57.2 Å². The van der Waals surface area contributed by atoms with E-state index in [9.17, 15) is 4.79 Å². The van der Waals surface area contributed by atoms with Crippen LogP contribution in [0.5, 0.6) is 0 Å². The quantitative estimate of drug-likeness (QED) is 0.558. The number of H-pyrrole nitrogens is 1. The minimum atomic E-state index is -0.000248. The van der Waals surface area contributed by atoms with Gasteiger partial charge >= 0.3 is 0 Å². The highest BCUT2D eigenvalue weighted by molar-refractivity contribution is 6.04. The average molecular weight is 372 g/mol. The van der Waals surface area contributed by atoms with E-state index in [4.69, 9.17) is 4.99 Å². The van der Waals surface area contributed by atoms with Crippen molar-refractivity contribution in [3.05, 3.63) is 30.1 Å². The summed E-state index contributed by atoms with van der Waals surface area (Å²) in [5.74, 6) is 1.14. The molecule has 0 bridgehead atoms. The number of carbonyl (C=O) groups is 1. The number of nitrogens with one attached hydrogen (secondary N) is 2. The summed E-state index contributed by atoms with van der Waals surface area (Å²) >= 11 is 0. The van der Waals surface area contributed by atoms with Gasteiger partial charge in [0, 0.05) is 29.6 Å². The number of amides is 1. The Bertz CT molecular complexity index is 649. The van der Waals surface area contributed by atoms with Gasteiger partial charge in [0.1, 0.15) is 0 Å². The van der Waals surface area contributed by atoms with Gasteiger partial charge in [0.15, 0.2) is 0 Å². The van der Waals surface area contributed by atoms with Crippen molar-refractivity contribution in [2.45, 2.75) is 85.1 Å². The van der Waals surface area contributed by atoms with Gasteiger partial charge in [-0.05, 0) is 51.0 Å². The molecular formula is C23H37N3O. The molecule has 2 N–H and O–H groups in total. The summed E-state index contributed by atoms with van der Waals surface area (Å²) in [5.41, 5.74) is 3.39. The Morgan fingerprint density at radius 3 is 2.52 bits per heavy atom. The summed E-state index contributed by atoms with van der Waals surface area (Å²) in [6.07, 6.45) is 13.4. The summed E-state index contributed by atoms with van der Waals surface area (Å²) in [6, 6.07) is 0.266. The zero-order chi connectivity index (χ0) is 19.8. The maximum absolute atomic E-state index is 12.9. The van der Waals surface area contributed by atoms with E-state index >= 15 is 0 Å². The van der Waals surface area contributed by atoms with Crippen LogP contribution in [0.4, 0.5) is 5.69 Å². The number of hydrogen-bond acceptors (Lipinski definition) is 2. The molecule has 0 spiro atoms. The highest BCUT2D eigenvalue weighted by Gasteiger charge is 2.28. The zero-order valence-electron chi connectivity index (χ0n) is 17.6. The largest absolute Gasteiger partial charge is 0.363 e. The number of aliphatic imine (C=N–C) groups is 1. The van der Waals surface area contributed by atoms with E-state index in [1.807, 2.05) is 26.8 Å². The number of allylic oxidation sites excluding steroid dienone is 1. The Hall–Kier alpha value is -1.84. The van der Waals surface area contributed by atoms with Crippen molar-refractivity contribution in [2.75, 3.05) is 0 Å². The molecule has 1 aromatic rings. The number of aromatic nitrogens is 1. The summed E-state index contributed by atoms with van der Waals surface area (Å²) in [6.45, 7) is 12.0. The van der Waals surface area contributed by atoms with Gasteiger partial charge in [0.25, 0.3) is 5.91 Å². The third kappa shape index (κ3) is 5.57. The molecule has 1 amide bonds. The van der Waals surface area contributed by atoms with E-state index in [1.165, 1.54) is 44.9 Å². The first kappa shape index (κ1) is 21.5. The van der Waals surface area contributed by atoms with Crippen LogP contribution < -0.4 is 5.32 Å². The highest BCUT2D eigenvalue weighted by atomic mass is 16.1. The maximum atomic E-state index is 12.9. The first-order valence-electron chi connectivity index (χ1n) is 10.8. The fraction of sp³-hybridized carbons (Fsp3) is 0.652. The van der Waals surface area contributed by atoms with Crippen molar-refractivity contribution >= 4 is 17.3 Å². The van der Waals surface area contributed by atoms with Crippen LogP contribution in [-0.2, 0) is 0 Å². The summed E-state index contributed by atoms with van der Waals surface area (Å²) in [5, 5.41) is 3.29. The standard InChI is InChI=1S/C21H31N3O.C2H6/c1-4-18(16-11-12-16)23-20-14(3)22-13-17(20)21(25)24-19(5-2)15-9-7-6-8-10-15;1-2/h4,13,15-16,19,22H,1,5-12H2,2-3H3,(H,24,25);1-2H3. The minimum Gasteiger partial charge on any atom is -0.363 e. The van der Waals surface area contributed by atoms with Crippen molar-refractivity contribution < 1.29 is 4.79 Å². The molecule has 2 fully saturated rings. The smallest absolute Gasteiger partial charge is 0.255 e. The molecule has 1 unspecified atom stereocenters. The van der Waals surface area contributed by atoms with Crippen LogP contribution in [-0.4, -0.2) is 22.6 Å². The van der Waals surface area contributed by atoms with Crippen LogP contribution in [0.3, 0.4) is 0 Å². The number of rotatable bonds is 7. The predicted molar refractivity (Wildman–Crippen MR) is 115 cm³/mol. The van der Waals surface area contributed by atoms with Crippen LogP contribution in [0.25, 0.3) is 0 Å². The molecule has 1 atom stereocenters. The Morgan fingerprint density at radius 2 is 1.96 bits per heavy atom. The van der Waals surface area contributed by atoms with Crippen LogP contribution in [0, 0.1) is 18.8 Å². The van der Waals surface area contributed by atoms with Crippen molar-refractivity contribution in [1.29, 1.82) is 0 Å². The molecule has 0 aromatic carbocycles. The molecule has 2 aliphatic carbocycles. The van der Waals surface area contributed by atoms with Gasteiger partial charge in [-0.2, -0.15) is 0 Å². The lowest BCUT2D eigenvalue weighted by Crippen LogP contribution is -2.40. The van der Waals surface area contributed by atoms with Crippen molar-refractivity contribution in [1.82, 2.24) is 10.3 Å². The lowest BCUT2D eigenvalue weighted by Gasteiger charge is -2.30. The molecule has 2 saturated carbocycles. The van der Waals surface area contributed by atoms with Gasteiger partial charge < -0.3 is 10.3 Å². The molecule has 4 heteroatoms. The van der Waals surface area contributed by atoms with E-state index < -0.39 is 0 Å². The second-order valence-electron chi connectivity index (χ2n) is 7.58. The third-order valence-electron chi connectivity index (χ3n) is 5.71. The molecule has 3 rings (SSSR count). The normalized spacial score (nSPS) is 19.0. The molecular weight excluding hydrogens is 334 g/mol. The molecule has 0 radical (unpaired) electrons. The summed E-state index contributed by atoms with van der Waals surface area (Å²) in [7, 11) is 0. The number of aromatic amines is 1. The average Bonchev–Trinajstić information content (AvgIpc) is 3.49. The molecule has 0 saturated heterocycles. The molecule has 150 valence electrons. The second kappa shape index (κ2) is 10.5. The van der Waals surface area contributed by atoms with Gasteiger partial charge in [-0.25, -0.2) is 0 Å². The second-order valence-corrected chi connectivity index (χ2v) is 7.58. The van der Waals surface area contributed by atoms with Crippen molar-refractivity contribution in [2.24, 2.45) is 16.8 Å². The van der Waals surface area contributed by atoms with Crippen molar-refractivity contribution in [3.8, 4) is 0 Å². The molecule has 4 nitrogen and oxygen atoms in total. The third-order valence-corrected chi connectivity index (χ3v) is 5.71. The number of nitrogens with zero attached hydrogens (tertiary/aromatic N) is 1. The molecule has 27 heavy (non-hydrogen) atoms. The van der Waals surface area contributed by atoms with Gasteiger partial charge in [-0.3, -0.25) is 9.79 Å². The van der Waals surface area contributed by atoms with E-state index in [2.05, 4.69) is 23.8 Å². The summed E-state index contributed by atoms with van der Waals surface area (Å²) < 4.78 is 0. The molecule has 0 aliphatic heterocycles. The van der Waals surface area contributed by atoms with E-state index in [1.54, 1.807) is 6.20 Å². The van der Waals surface area contributed by atoms with Crippen molar-refractivity contribution in [3.63, 3.8) is 0 Å². The fourth-order valence-corrected chi connectivity index (χ4v) is 3.98. The van der Waals surface area contributed by atoms with E-state index in [0.29, 0.717) is 17.4 Å². The monoisotopic (exact) mass is 371 g/mol. The zero-order valence-corrected chi connectivity index (χ0v) is 17.6. The predicted octanol–water partition coefficient (Wildman–Crippen LogP) is 6.11. The Kier molecular flexibility index (Phi) is 8.33. The van der Waals surface area contributed by atoms with Gasteiger partial charge in [-0.15, -0.1) is 0 Å². The number of hydrogen-bond donors (Lipinski definition) is 2. The number of carbonyl (C=O) groups excluding carboxylic acids is 1. The maximum Gasteiger partial charge on any atom is 0.255 e. The minimum absolute atomic E-state index is 0.000248. The SMILES string of the molecule is C=CC(=Nc1c(C(=O)NC(CC)C2CCCCC2)c[nH]c1C)C1CC1.CC. The van der Waals surface area contributed by atoms with E-state index in [-0.39, 0.29) is 11.9 Å². The highest BCUT2D eigenvalue weighted by Crippen LogP contribution is 2.34. The Morgan fingerprint density at radius 1 is 1.30 bits per heavy atom. The van der Waals surface area contributed by atoms with Gasteiger partial charge in [0.05, 0.1) is 11.3 Å². The Balaban J connectivity index is 0.00000126. The molecule has 2 aliphatic rings. The van der Waals surface area contributed by atoms with Crippen LogP contribution in [0.1, 0.15) is 88.2 Å². The first-order chi connectivity index (χ1) is 13.1. The van der Waals surface area contributed by atoms with E-state index in [0.717, 1.165) is 23.5 Å². The Labute approximate surface area is 164 Å². The number of aryl methyl sites for hydroxylation is 1. The lowest BCUT2D eigenvalue weighted by molar-refractivity contribution is 0.0912. The fourth-order valence-electron chi connectivity index (χ4n) is 3.98. The lowest BCUT2D eigenvalue weighted by atomic mass is 9.83. The molecule has 1 aromatic heterocycles. The summed E-state index contributed by atoms with van der Waals surface area (Å²) in [4.78, 5) is 20.9. The van der Waals surface area contributed by atoms with Crippen LogP contribution in [0.2, 0.25) is 0 Å². The van der Waals surface area contributed by atoms with Crippen LogP contribution >= 0.6 is 0 Å².